The van der Waals surface area contributed by atoms with E-state index in [1.165, 1.54) is 6.07 Å². The summed E-state index contributed by atoms with van der Waals surface area (Å²) in [7, 11) is 0. The highest BCUT2D eigenvalue weighted by Gasteiger charge is 2.13. The first kappa shape index (κ1) is 12.4. The van der Waals surface area contributed by atoms with E-state index in [9.17, 15) is 4.79 Å². The maximum atomic E-state index is 11.6. The number of esters is 1. The van der Waals surface area contributed by atoms with Gasteiger partial charge in [-0.3, -0.25) is 4.98 Å². The van der Waals surface area contributed by atoms with Crippen LogP contribution in [0, 0.1) is 0 Å². The Morgan fingerprint density at radius 3 is 2.94 bits per heavy atom. The van der Waals surface area contributed by atoms with Gasteiger partial charge in [-0.15, -0.1) is 0 Å². The fourth-order valence-corrected chi connectivity index (χ4v) is 1.53. The van der Waals surface area contributed by atoms with Gasteiger partial charge < -0.3 is 4.74 Å². The average Bonchev–Trinajstić information content (AvgIpc) is 2.39. The van der Waals surface area contributed by atoms with Crippen molar-refractivity contribution in [3.8, 4) is 11.4 Å². The zero-order valence-corrected chi connectivity index (χ0v) is 10.4. The van der Waals surface area contributed by atoms with Crippen LogP contribution in [-0.4, -0.2) is 27.5 Å². The van der Waals surface area contributed by atoms with Crippen molar-refractivity contribution in [2.75, 3.05) is 6.61 Å². The molecule has 0 atom stereocenters. The molecule has 0 saturated carbocycles. The molecule has 0 aliphatic rings. The summed E-state index contributed by atoms with van der Waals surface area (Å²) >= 11 is 5.86. The van der Waals surface area contributed by atoms with Gasteiger partial charge in [-0.25, -0.2) is 14.8 Å². The lowest BCUT2D eigenvalue weighted by Gasteiger charge is -2.04. The zero-order valence-electron chi connectivity index (χ0n) is 9.63. The Labute approximate surface area is 109 Å². The molecule has 2 rings (SSSR count). The van der Waals surface area contributed by atoms with Crippen molar-refractivity contribution >= 4 is 17.6 Å². The molecule has 92 valence electrons. The first-order chi connectivity index (χ1) is 8.70. The number of pyridine rings is 1. The van der Waals surface area contributed by atoms with E-state index in [1.54, 1.807) is 31.5 Å². The summed E-state index contributed by atoms with van der Waals surface area (Å²) in [5.41, 5.74) is 0.821. The van der Waals surface area contributed by atoms with Gasteiger partial charge in [0.15, 0.2) is 11.5 Å². The molecule has 2 aromatic rings. The molecule has 0 unspecified atom stereocenters. The van der Waals surface area contributed by atoms with Crippen LogP contribution in [0.1, 0.15) is 17.4 Å². The maximum Gasteiger partial charge on any atom is 0.357 e. The smallest absolute Gasteiger partial charge is 0.357 e. The van der Waals surface area contributed by atoms with E-state index < -0.39 is 5.97 Å². The van der Waals surface area contributed by atoms with Crippen LogP contribution in [-0.2, 0) is 4.74 Å². The number of hydrogen-bond acceptors (Lipinski definition) is 5. The van der Waals surface area contributed by atoms with E-state index in [2.05, 4.69) is 15.0 Å². The molecule has 0 N–H and O–H groups in total. The minimum Gasteiger partial charge on any atom is -0.461 e. The van der Waals surface area contributed by atoms with Gasteiger partial charge in [0.1, 0.15) is 5.15 Å². The Morgan fingerprint density at radius 2 is 2.28 bits per heavy atom. The Balaban J connectivity index is 2.41. The molecule has 0 radical (unpaired) electrons. The molecule has 0 bridgehead atoms. The molecule has 0 saturated heterocycles. The Morgan fingerprint density at radius 1 is 1.44 bits per heavy atom. The van der Waals surface area contributed by atoms with Crippen LogP contribution in [0.5, 0.6) is 0 Å². The predicted molar refractivity (Wildman–Crippen MR) is 66.2 cm³/mol. The molecule has 0 spiro atoms. The molecule has 0 aliphatic heterocycles. The van der Waals surface area contributed by atoms with E-state index in [0.717, 1.165) is 0 Å². The Kier molecular flexibility index (Phi) is 3.84. The third-order valence-electron chi connectivity index (χ3n) is 2.10. The molecule has 6 heteroatoms. The Hall–Kier alpha value is -2.01. The van der Waals surface area contributed by atoms with Crippen molar-refractivity contribution in [1.29, 1.82) is 0 Å². The molecular formula is C12H10ClN3O2. The van der Waals surface area contributed by atoms with Crippen molar-refractivity contribution in [1.82, 2.24) is 15.0 Å². The Bertz CT molecular complexity index is 561. The summed E-state index contributed by atoms with van der Waals surface area (Å²) in [6, 6.07) is 4.91. The fourth-order valence-electron chi connectivity index (χ4n) is 1.35. The van der Waals surface area contributed by atoms with E-state index >= 15 is 0 Å². The highest BCUT2D eigenvalue weighted by atomic mass is 35.5. The topological polar surface area (TPSA) is 65.0 Å². The number of ether oxygens (including phenoxy) is 1. The second-order valence-electron chi connectivity index (χ2n) is 3.36. The standard InChI is InChI=1S/C12H10ClN3O2/c1-2-18-12(17)9-6-10(13)16-11(15-9)8-4-3-5-14-7-8/h3-7H,2H2,1H3. The van der Waals surface area contributed by atoms with Gasteiger partial charge in [-0.2, -0.15) is 0 Å². The number of nitrogens with zero attached hydrogens (tertiary/aromatic N) is 3. The number of aromatic nitrogens is 3. The van der Waals surface area contributed by atoms with Gasteiger partial charge in [0.2, 0.25) is 0 Å². The number of carbonyl (C=O) groups excluding carboxylic acids is 1. The van der Waals surface area contributed by atoms with Crippen molar-refractivity contribution in [3.63, 3.8) is 0 Å². The summed E-state index contributed by atoms with van der Waals surface area (Å²) < 4.78 is 4.87. The van der Waals surface area contributed by atoms with Crippen LogP contribution in [0.2, 0.25) is 5.15 Å². The van der Waals surface area contributed by atoms with Crippen molar-refractivity contribution < 1.29 is 9.53 Å². The van der Waals surface area contributed by atoms with Crippen LogP contribution >= 0.6 is 11.6 Å². The van der Waals surface area contributed by atoms with Crippen LogP contribution in [0.25, 0.3) is 11.4 Å². The predicted octanol–water partition coefficient (Wildman–Crippen LogP) is 2.37. The minimum atomic E-state index is -0.521. The molecule has 2 heterocycles. The molecule has 0 fully saturated rings. The minimum absolute atomic E-state index is 0.135. The second kappa shape index (κ2) is 5.55. The van der Waals surface area contributed by atoms with Crippen molar-refractivity contribution in [2.45, 2.75) is 6.92 Å². The summed E-state index contributed by atoms with van der Waals surface area (Å²) in [6.45, 7) is 2.01. The van der Waals surface area contributed by atoms with E-state index in [0.29, 0.717) is 11.4 Å². The third kappa shape index (κ3) is 2.81. The third-order valence-corrected chi connectivity index (χ3v) is 2.29. The summed E-state index contributed by atoms with van der Waals surface area (Å²) in [6.07, 6.45) is 3.24. The maximum absolute atomic E-state index is 11.6. The number of rotatable bonds is 3. The van der Waals surface area contributed by atoms with E-state index in [1.807, 2.05) is 0 Å². The highest BCUT2D eigenvalue weighted by molar-refractivity contribution is 6.29. The van der Waals surface area contributed by atoms with Crippen LogP contribution in [0.3, 0.4) is 0 Å². The summed E-state index contributed by atoms with van der Waals surface area (Å²) in [5, 5.41) is 0.187. The second-order valence-corrected chi connectivity index (χ2v) is 3.75. The lowest BCUT2D eigenvalue weighted by molar-refractivity contribution is 0.0519. The van der Waals surface area contributed by atoms with Crippen LogP contribution in [0.4, 0.5) is 0 Å². The van der Waals surface area contributed by atoms with E-state index in [4.69, 9.17) is 16.3 Å². The number of carbonyl (C=O) groups is 1. The van der Waals surface area contributed by atoms with Crippen molar-refractivity contribution in [3.05, 3.63) is 41.4 Å². The number of halogens is 1. The molecule has 0 aromatic carbocycles. The summed E-state index contributed by atoms with van der Waals surface area (Å²) in [5.74, 6) is -0.175. The first-order valence-corrected chi connectivity index (χ1v) is 5.70. The lowest BCUT2D eigenvalue weighted by atomic mass is 10.2. The van der Waals surface area contributed by atoms with Crippen LogP contribution in [0.15, 0.2) is 30.6 Å². The lowest BCUT2D eigenvalue weighted by Crippen LogP contribution is -2.08. The van der Waals surface area contributed by atoms with Gasteiger partial charge in [0, 0.05) is 24.0 Å². The number of hydrogen-bond donors (Lipinski definition) is 0. The zero-order chi connectivity index (χ0) is 13.0. The van der Waals surface area contributed by atoms with Gasteiger partial charge in [-0.05, 0) is 19.1 Å². The normalized spacial score (nSPS) is 10.1. The molecule has 18 heavy (non-hydrogen) atoms. The van der Waals surface area contributed by atoms with Gasteiger partial charge in [0.25, 0.3) is 0 Å². The van der Waals surface area contributed by atoms with Gasteiger partial charge >= 0.3 is 5.97 Å². The molecule has 5 nitrogen and oxygen atoms in total. The highest BCUT2D eigenvalue weighted by Crippen LogP contribution is 2.17. The van der Waals surface area contributed by atoms with Gasteiger partial charge in [-0.1, -0.05) is 11.6 Å². The van der Waals surface area contributed by atoms with Crippen molar-refractivity contribution in [2.24, 2.45) is 0 Å². The molecule has 2 aromatic heterocycles. The fraction of sp³-hybridized carbons (Fsp3) is 0.167. The average molecular weight is 264 g/mol. The quantitative estimate of drug-likeness (QED) is 0.628. The summed E-state index contributed by atoms with van der Waals surface area (Å²) in [4.78, 5) is 23.7. The van der Waals surface area contributed by atoms with Crippen LogP contribution < -0.4 is 0 Å². The molecule has 0 aliphatic carbocycles. The van der Waals surface area contributed by atoms with E-state index in [-0.39, 0.29) is 17.5 Å². The SMILES string of the molecule is CCOC(=O)c1cc(Cl)nc(-c2cccnc2)n1. The van der Waals surface area contributed by atoms with Gasteiger partial charge in [0.05, 0.1) is 6.61 Å². The monoisotopic (exact) mass is 263 g/mol. The molecule has 0 amide bonds. The largest absolute Gasteiger partial charge is 0.461 e. The molecular weight excluding hydrogens is 254 g/mol. The first-order valence-electron chi connectivity index (χ1n) is 5.33.